The molecule has 8 heteroatoms. The maximum atomic E-state index is 12.4. The number of aryl methyl sites for hydroxylation is 2. The third kappa shape index (κ3) is 5.90. The van der Waals surface area contributed by atoms with Gasteiger partial charge in [-0.15, -0.1) is 10.2 Å². The Labute approximate surface area is 185 Å². The SMILES string of the molecule is CCc1nnc(NC(=O)C(C#N)=Cc2ccc(OCc3ccc(C)cc3)c(OC)c2)s1. The van der Waals surface area contributed by atoms with Crippen molar-refractivity contribution in [3.8, 4) is 17.6 Å². The van der Waals surface area contributed by atoms with Crippen LogP contribution in [0.15, 0.2) is 48.0 Å². The molecule has 0 fully saturated rings. The maximum Gasteiger partial charge on any atom is 0.268 e. The lowest BCUT2D eigenvalue weighted by Crippen LogP contribution is -2.13. The number of aromatic nitrogens is 2. The van der Waals surface area contributed by atoms with Crippen LogP contribution >= 0.6 is 11.3 Å². The molecule has 0 aliphatic carbocycles. The normalized spacial score (nSPS) is 11.0. The number of ether oxygens (including phenoxy) is 2. The second-order valence-corrected chi connectivity index (χ2v) is 7.73. The molecule has 3 rings (SSSR count). The highest BCUT2D eigenvalue weighted by molar-refractivity contribution is 7.15. The van der Waals surface area contributed by atoms with Crippen LogP contribution in [0, 0.1) is 18.3 Å². The van der Waals surface area contributed by atoms with Gasteiger partial charge in [0, 0.05) is 0 Å². The van der Waals surface area contributed by atoms with Gasteiger partial charge in [-0.25, -0.2) is 0 Å². The first-order valence-corrected chi connectivity index (χ1v) is 10.5. The van der Waals surface area contributed by atoms with E-state index in [1.165, 1.54) is 23.0 Å². The van der Waals surface area contributed by atoms with Crippen LogP contribution in [0.4, 0.5) is 5.13 Å². The van der Waals surface area contributed by atoms with Crippen molar-refractivity contribution in [3.63, 3.8) is 0 Å². The number of hydrogen-bond acceptors (Lipinski definition) is 7. The van der Waals surface area contributed by atoms with Crippen molar-refractivity contribution in [1.82, 2.24) is 10.2 Å². The van der Waals surface area contributed by atoms with Gasteiger partial charge in [-0.3, -0.25) is 10.1 Å². The number of carbonyl (C=O) groups excluding carboxylic acids is 1. The van der Waals surface area contributed by atoms with E-state index in [0.29, 0.717) is 28.8 Å². The van der Waals surface area contributed by atoms with Crippen LogP contribution in [-0.2, 0) is 17.8 Å². The van der Waals surface area contributed by atoms with Gasteiger partial charge in [0.1, 0.15) is 23.3 Å². The smallest absolute Gasteiger partial charge is 0.268 e. The van der Waals surface area contributed by atoms with Crippen LogP contribution in [0.1, 0.15) is 28.6 Å². The molecule has 0 aliphatic rings. The fourth-order valence-electron chi connectivity index (χ4n) is 2.67. The van der Waals surface area contributed by atoms with Gasteiger partial charge in [0.2, 0.25) is 5.13 Å². The Morgan fingerprint density at radius 1 is 1.19 bits per heavy atom. The molecular formula is C23H22N4O3S. The summed E-state index contributed by atoms with van der Waals surface area (Å²) in [5, 5.41) is 21.1. The molecule has 2 aromatic carbocycles. The van der Waals surface area contributed by atoms with E-state index >= 15 is 0 Å². The van der Waals surface area contributed by atoms with Crippen molar-refractivity contribution in [3.05, 3.63) is 69.7 Å². The summed E-state index contributed by atoms with van der Waals surface area (Å²) in [6, 6.07) is 15.2. The summed E-state index contributed by atoms with van der Waals surface area (Å²) in [5.41, 5.74) is 2.82. The number of amides is 1. The Kier molecular flexibility index (Phi) is 7.35. The lowest BCUT2D eigenvalue weighted by Gasteiger charge is -2.12. The highest BCUT2D eigenvalue weighted by Crippen LogP contribution is 2.30. The van der Waals surface area contributed by atoms with Gasteiger partial charge in [0.15, 0.2) is 11.5 Å². The molecule has 3 aromatic rings. The van der Waals surface area contributed by atoms with Crippen molar-refractivity contribution < 1.29 is 14.3 Å². The molecule has 158 valence electrons. The number of hydrogen-bond donors (Lipinski definition) is 1. The predicted molar refractivity (Wildman–Crippen MR) is 120 cm³/mol. The van der Waals surface area contributed by atoms with Gasteiger partial charge in [-0.05, 0) is 42.7 Å². The van der Waals surface area contributed by atoms with Crippen LogP contribution in [0.3, 0.4) is 0 Å². The first-order valence-electron chi connectivity index (χ1n) is 9.64. The van der Waals surface area contributed by atoms with E-state index in [-0.39, 0.29) is 5.57 Å². The average Bonchev–Trinajstić information content (AvgIpc) is 3.24. The molecule has 1 heterocycles. The Morgan fingerprint density at radius 3 is 2.61 bits per heavy atom. The summed E-state index contributed by atoms with van der Waals surface area (Å²) in [5.74, 6) is 0.541. The van der Waals surface area contributed by atoms with E-state index in [4.69, 9.17) is 9.47 Å². The van der Waals surface area contributed by atoms with Gasteiger partial charge in [-0.2, -0.15) is 5.26 Å². The summed E-state index contributed by atoms with van der Waals surface area (Å²) >= 11 is 1.28. The largest absolute Gasteiger partial charge is 0.493 e. The lowest BCUT2D eigenvalue weighted by molar-refractivity contribution is -0.112. The van der Waals surface area contributed by atoms with Gasteiger partial charge < -0.3 is 9.47 Å². The highest BCUT2D eigenvalue weighted by Gasteiger charge is 2.13. The van der Waals surface area contributed by atoms with Crippen molar-refractivity contribution >= 4 is 28.5 Å². The molecule has 0 saturated heterocycles. The number of nitriles is 1. The third-order valence-corrected chi connectivity index (χ3v) is 5.35. The molecule has 0 aliphatic heterocycles. The minimum absolute atomic E-state index is 0.0522. The van der Waals surface area contributed by atoms with Gasteiger partial charge in [-0.1, -0.05) is 54.2 Å². The van der Waals surface area contributed by atoms with Crippen LogP contribution in [0.2, 0.25) is 0 Å². The summed E-state index contributed by atoms with van der Waals surface area (Å²) in [6.07, 6.45) is 2.22. The minimum Gasteiger partial charge on any atom is -0.493 e. The Balaban J connectivity index is 1.73. The number of rotatable bonds is 8. The van der Waals surface area contributed by atoms with E-state index in [9.17, 15) is 10.1 Å². The fourth-order valence-corrected chi connectivity index (χ4v) is 3.34. The van der Waals surface area contributed by atoms with Crippen molar-refractivity contribution in [2.75, 3.05) is 12.4 Å². The molecule has 1 aromatic heterocycles. The second-order valence-electron chi connectivity index (χ2n) is 6.66. The third-order valence-electron chi connectivity index (χ3n) is 4.37. The van der Waals surface area contributed by atoms with E-state index < -0.39 is 5.91 Å². The monoisotopic (exact) mass is 434 g/mol. The predicted octanol–water partition coefficient (Wildman–Crippen LogP) is 4.54. The zero-order valence-electron chi connectivity index (χ0n) is 17.5. The standard InChI is InChI=1S/C23H22N4O3S/c1-4-21-26-27-23(31-21)25-22(28)18(13-24)11-17-9-10-19(20(12-17)29-3)30-14-16-7-5-15(2)6-8-16/h5-12H,4,14H2,1-3H3,(H,25,27,28). The number of carbonyl (C=O) groups is 1. The Bertz CT molecular complexity index is 1130. The van der Waals surface area contributed by atoms with Crippen LogP contribution < -0.4 is 14.8 Å². The van der Waals surface area contributed by atoms with Gasteiger partial charge in [0.05, 0.1) is 7.11 Å². The van der Waals surface area contributed by atoms with E-state index in [1.54, 1.807) is 25.3 Å². The summed E-state index contributed by atoms with van der Waals surface area (Å²) in [7, 11) is 1.54. The van der Waals surface area contributed by atoms with Crippen molar-refractivity contribution in [1.29, 1.82) is 5.26 Å². The molecule has 7 nitrogen and oxygen atoms in total. The van der Waals surface area contributed by atoms with Crippen LogP contribution in [0.25, 0.3) is 6.08 Å². The molecule has 0 atom stereocenters. The minimum atomic E-state index is -0.542. The Hall–Kier alpha value is -3.70. The lowest BCUT2D eigenvalue weighted by atomic mass is 10.1. The summed E-state index contributed by atoms with van der Waals surface area (Å²) in [4.78, 5) is 12.4. The molecule has 1 amide bonds. The summed E-state index contributed by atoms with van der Waals surface area (Å²) < 4.78 is 11.3. The molecule has 0 spiro atoms. The number of nitrogens with zero attached hydrogens (tertiary/aromatic N) is 3. The molecule has 0 saturated carbocycles. The van der Waals surface area contributed by atoms with E-state index in [0.717, 1.165) is 17.0 Å². The average molecular weight is 435 g/mol. The zero-order chi connectivity index (χ0) is 22.2. The number of anilines is 1. The molecule has 0 bridgehead atoms. The number of nitrogens with one attached hydrogen (secondary N) is 1. The van der Waals surface area contributed by atoms with Crippen LogP contribution in [0.5, 0.6) is 11.5 Å². The first-order chi connectivity index (χ1) is 15.0. The molecule has 0 radical (unpaired) electrons. The van der Waals surface area contributed by atoms with Gasteiger partial charge in [0.25, 0.3) is 5.91 Å². The molecular weight excluding hydrogens is 412 g/mol. The van der Waals surface area contributed by atoms with E-state index in [1.807, 2.05) is 44.2 Å². The van der Waals surface area contributed by atoms with E-state index in [2.05, 4.69) is 15.5 Å². The maximum absolute atomic E-state index is 12.4. The highest BCUT2D eigenvalue weighted by atomic mass is 32.1. The molecule has 1 N–H and O–H groups in total. The summed E-state index contributed by atoms with van der Waals surface area (Å²) in [6.45, 7) is 4.39. The van der Waals surface area contributed by atoms with Crippen molar-refractivity contribution in [2.45, 2.75) is 26.9 Å². The Morgan fingerprint density at radius 2 is 1.97 bits per heavy atom. The molecule has 31 heavy (non-hydrogen) atoms. The number of benzene rings is 2. The second kappa shape index (κ2) is 10.4. The fraction of sp³-hybridized carbons (Fsp3) is 0.217. The molecule has 0 unspecified atom stereocenters. The first kappa shape index (κ1) is 22.0. The van der Waals surface area contributed by atoms with Gasteiger partial charge >= 0.3 is 0 Å². The topological polar surface area (TPSA) is 97.1 Å². The zero-order valence-corrected chi connectivity index (χ0v) is 18.3. The quantitative estimate of drug-likeness (QED) is 0.413. The number of methoxy groups -OCH3 is 1. The van der Waals surface area contributed by atoms with Crippen LogP contribution in [-0.4, -0.2) is 23.2 Å². The van der Waals surface area contributed by atoms with Crippen molar-refractivity contribution in [2.24, 2.45) is 0 Å².